The fraction of sp³-hybridized carbons (Fsp3) is 0.286. The van der Waals surface area contributed by atoms with E-state index in [9.17, 15) is 13.2 Å². The van der Waals surface area contributed by atoms with Gasteiger partial charge in [0.25, 0.3) is 10.0 Å². The van der Waals surface area contributed by atoms with Crippen molar-refractivity contribution in [1.29, 1.82) is 0 Å². The van der Waals surface area contributed by atoms with Gasteiger partial charge in [0.15, 0.2) is 5.16 Å². The highest BCUT2D eigenvalue weighted by atomic mass is 35.5. The monoisotopic (exact) mass is 509 g/mol. The summed E-state index contributed by atoms with van der Waals surface area (Å²) in [6, 6.07) is 9.72. The number of nitrogens with zero attached hydrogens (tertiary/aromatic N) is 3. The number of hydrogen-bond donors (Lipinski definition) is 2. The van der Waals surface area contributed by atoms with E-state index in [4.69, 9.17) is 16.3 Å². The lowest BCUT2D eigenvalue weighted by Crippen LogP contribution is -2.41. The highest BCUT2D eigenvalue weighted by Gasteiger charge is 2.30. The number of aromatic amines is 1. The number of nitrogens with one attached hydrogen (secondary N) is 2. The molecule has 0 unspecified atom stereocenters. The Kier molecular flexibility index (Phi) is 8.22. The number of aryl methyl sites for hydroxylation is 2. The van der Waals surface area contributed by atoms with Crippen LogP contribution in [0.3, 0.4) is 0 Å². The van der Waals surface area contributed by atoms with Gasteiger partial charge in [-0.3, -0.25) is 14.2 Å². The molecule has 176 valence electrons. The van der Waals surface area contributed by atoms with Crippen molar-refractivity contribution in [3.8, 4) is 5.75 Å². The number of aromatic nitrogens is 3. The first-order chi connectivity index (χ1) is 15.7. The third-order valence-corrected chi connectivity index (χ3v) is 7.75. The Morgan fingerprint density at radius 2 is 2.03 bits per heavy atom. The summed E-state index contributed by atoms with van der Waals surface area (Å²) < 4.78 is 33.7. The van der Waals surface area contributed by atoms with Gasteiger partial charge in [0.2, 0.25) is 5.91 Å². The fourth-order valence-electron chi connectivity index (χ4n) is 2.94. The number of ether oxygens (including phenoxy) is 1. The normalized spacial score (nSPS) is 11.3. The van der Waals surface area contributed by atoms with Crippen LogP contribution in [-0.4, -0.2) is 55.5 Å². The van der Waals surface area contributed by atoms with Gasteiger partial charge < -0.3 is 10.1 Å². The van der Waals surface area contributed by atoms with Crippen molar-refractivity contribution in [3.05, 3.63) is 58.9 Å². The molecule has 0 fully saturated rings. The quantitative estimate of drug-likeness (QED) is 0.318. The van der Waals surface area contributed by atoms with Crippen LogP contribution in [0.4, 0.5) is 5.69 Å². The van der Waals surface area contributed by atoms with Gasteiger partial charge in [-0.05, 0) is 49.2 Å². The van der Waals surface area contributed by atoms with E-state index in [-0.39, 0.29) is 16.3 Å². The summed E-state index contributed by atoms with van der Waals surface area (Å²) in [7, 11) is -2.75. The zero-order chi connectivity index (χ0) is 24.0. The molecule has 1 aromatic heterocycles. The van der Waals surface area contributed by atoms with Crippen LogP contribution < -0.4 is 14.4 Å². The topological polar surface area (TPSA) is 117 Å². The number of halogens is 1. The van der Waals surface area contributed by atoms with E-state index >= 15 is 0 Å². The van der Waals surface area contributed by atoms with Gasteiger partial charge in [-0.1, -0.05) is 35.5 Å². The molecule has 1 amide bonds. The van der Waals surface area contributed by atoms with E-state index in [1.165, 1.54) is 37.3 Å². The van der Waals surface area contributed by atoms with Crippen molar-refractivity contribution in [2.75, 3.05) is 30.3 Å². The highest BCUT2D eigenvalue weighted by molar-refractivity contribution is 7.99. The summed E-state index contributed by atoms with van der Waals surface area (Å²) in [6.45, 7) is 3.49. The van der Waals surface area contributed by atoms with Crippen molar-refractivity contribution in [3.63, 3.8) is 0 Å². The van der Waals surface area contributed by atoms with Crippen molar-refractivity contribution in [2.45, 2.75) is 23.9 Å². The molecular formula is C21H24ClN5O4S2. The number of sulfonamides is 1. The molecule has 3 rings (SSSR count). The molecule has 9 nitrogen and oxygen atoms in total. The van der Waals surface area contributed by atoms with Crippen LogP contribution in [0.2, 0.25) is 5.02 Å². The number of anilines is 1. The minimum Gasteiger partial charge on any atom is -0.495 e. The Labute approximate surface area is 201 Å². The lowest BCUT2D eigenvalue weighted by Gasteiger charge is -2.25. The van der Waals surface area contributed by atoms with Crippen molar-refractivity contribution >= 4 is 45.0 Å². The molecule has 0 aliphatic rings. The molecule has 0 aliphatic carbocycles. The van der Waals surface area contributed by atoms with Crippen LogP contribution in [0.1, 0.15) is 11.1 Å². The van der Waals surface area contributed by atoms with E-state index in [2.05, 4.69) is 20.5 Å². The van der Waals surface area contributed by atoms with Crippen molar-refractivity contribution < 1.29 is 17.9 Å². The maximum Gasteiger partial charge on any atom is 0.268 e. The fourth-order valence-corrected chi connectivity index (χ4v) is 5.41. The molecule has 12 heteroatoms. The second kappa shape index (κ2) is 10.9. The number of carbonyl (C=O) groups excluding carboxylic acids is 1. The van der Waals surface area contributed by atoms with Crippen LogP contribution >= 0.6 is 23.4 Å². The number of methoxy groups -OCH3 is 1. The van der Waals surface area contributed by atoms with Gasteiger partial charge in [0.05, 0.1) is 12.8 Å². The van der Waals surface area contributed by atoms with Crippen LogP contribution in [0.15, 0.2) is 52.8 Å². The van der Waals surface area contributed by atoms with E-state index < -0.39 is 22.5 Å². The largest absolute Gasteiger partial charge is 0.495 e. The number of amides is 1. The Morgan fingerprint density at radius 1 is 1.24 bits per heavy atom. The number of benzene rings is 2. The number of rotatable bonds is 10. The third kappa shape index (κ3) is 6.18. The molecule has 33 heavy (non-hydrogen) atoms. The van der Waals surface area contributed by atoms with Gasteiger partial charge in [-0.15, -0.1) is 0 Å². The minimum atomic E-state index is -4.15. The number of hydrogen-bond acceptors (Lipinski definition) is 7. The average molecular weight is 510 g/mol. The first kappa shape index (κ1) is 24.9. The van der Waals surface area contributed by atoms with Gasteiger partial charge in [-0.25, -0.2) is 13.4 Å². The minimum absolute atomic E-state index is 0.0321. The maximum absolute atomic E-state index is 13.7. The molecule has 0 spiro atoms. The average Bonchev–Trinajstić information content (AvgIpc) is 3.30. The summed E-state index contributed by atoms with van der Waals surface area (Å²) in [5, 5.41) is 10.3. The van der Waals surface area contributed by atoms with E-state index in [1.54, 1.807) is 31.2 Å². The van der Waals surface area contributed by atoms with E-state index in [1.807, 2.05) is 6.92 Å². The molecule has 0 atom stereocenters. The lowest BCUT2D eigenvalue weighted by molar-refractivity contribution is -0.119. The van der Waals surface area contributed by atoms with Crippen LogP contribution in [0, 0.1) is 13.8 Å². The smallest absolute Gasteiger partial charge is 0.268 e. The molecule has 2 N–H and O–H groups in total. The number of H-pyrrole nitrogens is 1. The first-order valence-corrected chi connectivity index (χ1v) is 12.7. The van der Waals surface area contributed by atoms with Crippen molar-refractivity contribution in [1.82, 2.24) is 20.5 Å². The molecule has 0 aliphatic heterocycles. The second-order valence-electron chi connectivity index (χ2n) is 7.09. The molecule has 1 heterocycles. The predicted molar refractivity (Wildman–Crippen MR) is 129 cm³/mol. The van der Waals surface area contributed by atoms with Gasteiger partial charge >= 0.3 is 0 Å². The van der Waals surface area contributed by atoms with Crippen LogP contribution in [0.5, 0.6) is 5.75 Å². The molecular weight excluding hydrogens is 486 g/mol. The van der Waals surface area contributed by atoms with Crippen molar-refractivity contribution in [2.24, 2.45) is 0 Å². The van der Waals surface area contributed by atoms with Gasteiger partial charge in [-0.2, -0.15) is 5.10 Å². The summed E-state index contributed by atoms with van der Waals surface area (Å²) in [6.07, 6.45) is 1.40. The van der Waals surface area contributed by atoms with Gasteiger partial charge in [0.1, 0.15) is 23.5 Å². The second-order valence-corrected chi connectivity index (χ2v) is 10.4. The third-order valence-electron chi connectivity index (χ3n) is 4.67. The Balaban J connectivity index is 1.85. The van der Waals surface area contributed by atoms with Crippen LogP contribution in [0.25, 0.3) is 0 Å². The molecule has 0 saturated carbocycles. The molecule has 0 bridgehead atoms. The first-order valence-electron chi connectivity index (χ1n) is 9.90. The highest BCUT2D eigenvalue weighted by Crippen LogP contribution is 2.32. The SMILES string of the molecule is COc1ccc(C)cc1S(=O)(=O)N(CC(=O)NCCSc1ncn[nH]1)c1ccc(C)c(Cl)c1. The Morgan fingerprint density at radius 3 is 2.70 bits per heavy atom. The van der Waals surface area contributed by atoms with Crippen LogP contribution in [-0.2, 0) is 14.8 Å². The molecule has 0 radical (unpaired) electrons. The molecule has 0 saturated heterocycles. The Hall–Kier alpha value is -2.76. The Bertz CT molecular complexity index is 1220. The zero-order valence-electron chi connectivity index (χ0n) is 18.3. The van der Waals surface area contributed by atoms with E-state index in [0.29, 0.717) is 22.5 Å². The summed E-state index contributed by atoms with van der Waals surface area (Å²) in [4.78, 5) is 16.7. The number of carbonyl (C=O) groups is 1. The number of thioether (sulfide) groups is 1. The molecule has 2 aromatic carbocycles. The van der Waals surface area contributed by atoms with E-state index in [0.717, 1.165) is 15.4 Å². The summed E-state index contributed by atoms with van der Waals surface area (Å²) in [5.41, 5.74) is 1.81. The molecule has 3 aromatic rings. The van der Waals surface area contributed by atoms with Gasteiger partial charge in [0, 0.05) is 17.3 Å². The summed E-state index contributed by atoms with van der Waals surface area (Å²) in [5.74, 6) is 0.267. The summed E-state index contributed by atoms with van der Waals surface area (Å²) >= 11 is 7.65. The maximum atomic E-state index is 13.7. The zero-order valence-corrected chi connectivity index (χ0v) is 20.7. The predicted octanol–water partition coefficient (Wildman–Crippen LogP) is 3.19. The standard InChI is InChI=1S/C21H24ClN5O4S2/c1-14-4-7-18(31-3)19(10-14)33(29,30)27(16-6-5-15(2)17(22)11-16)12-20(28)23-8-9-32-21-24-13-25-26-21/h4-7,10-11,13H,8-9,12H2,1-3H3,(H,23,28)(H,24,25,26). The lowest BCUT2D eigenvalue weighted by atomic mass is 10.2.